The highest BCUT2D eigenvalue weighted by molar-refractivity contribution is 6.32. The Labute approximate surface area is 152 Å². The van der Waals surface area contributed by atoms with Crippen LogP contribution in [0.15, 0.2) is 52.5 Å². The normalized spacial score (nSPS) is 17.0. The second kappa shape index (κ2) is 6.67. The predicted molar refractivity (Wildman–Crippen MR) is 100 cm³/mol. The van der Waals surface area contributed by atoms with Crippen LogP contribution in [0.2, 0.25) is 0 Å². The van der Waals surface area contributed by atoms with Gasteiger partial charge in [0.15, 0.2) is 0 Å². The van der Waals surface area contributed by atoms with Gasteiger partial charge in [0.1, 0.15) is 11.5 Å². The van der Waals surface area contributed by atoms with Crippen LogP contribution < -0.4 is 5.32 Å². The van der Waals surface area contributed by atoms with Gasteiger partial charge in [-0.1, -0.05) is 23.8 Å². The topological polar surface area (TPSA) is 62.6 Å². The molecule has 0 unspecified atom stereocenters. The van der Waals surface area contributed by atoms with Gasteiger partial charge >= 0.3 is 0 Å². The molecule has 2 aliphatic rings. The summed E-state index contributed by atoms with van der Waals surface area (Å²) >= 11 is 0. The molecule has 0 radical (unpaired) electrons. The third-order valence-electron chi connectivity index (χ3n) is 4.86. The molecule has 0 saturated carbocycles. The van der Waals surface area contributed by atoms with Crippen molar-refractivity contribution >= 4 is 29.2 Å². The molecule has 5 nitrogen and oxygen atoms in total. The van der Waals surface area contributed by atoms with Crippen LogP contribution in [0.5, 0.6) is 0 Å². The molecule has 0 bridgehead atoms. The van der Waals surface area contributed by atoms with Crippen LogP contribution >= 0.6 is 0 Å². The number of furan rings is 1. The lowest BCUT2D eigenvalue weighted by Gasteiger charge is -2.28. The minimum atomic E-state index is -0.0333. The molecule has 5 heteroatoms. The number of hydrogen-bond donors (Lipinski definition) is 1. The van der Waals surface area contributed by atoms with Crippen molar-refractivity contribution in [1.29, 1.82) is 0 Å². The van der Waals surface area contributed by atoms with Crippen LogP contribution in [0.4, 0.5) is 5.69 Å². The zero-order chi connectivity index (χ0) is 18.1. The minimum absolute atomic E-state index is 0.0284. The number of piperidine rings is 1. The second-order valence-electron chi connectivity index (χ2n) is 6.59. The zero-order valence-corrected chi connectivity index (χ0v) is 14.6. The monoisotopic (exact) mass is 348 g/mol. The van der Waals surface area contributed by atoms with Gasteiger partial charge in [-0.25, -0.2) is 0 Å². The smallest absolute Gasteiger partial charge is 0.256 e. The van der Waals surface area contributed by atoms with Crippen molar-refractivity contribution in [3.8, 4) is 0 Å². The van der Waals surface area contributed by atoms with Crippen molar-refractivity contribution in [2.24, 2.45) is 0 Å². The lowest BCUT2D eigenvalue weighted by molar-refractivity contribution is -0.126. The van der Waals surface area contributed by atoms with Gasteiger partial charge in [0, 0.05) is 36.0 Å². The Kier molecular flexibility index (Phi) is 4.21. The molecule has 0 spiro atoms. The maximum atomic E-state index is 12.4. The molecule has 2 aliphatic heterocycles. The number of fused-ring (bicyclic) bond motifs is 1. The Morgan fingerprint density at radius 1 is 1.15 bits per heavy atom. The third kappa shape index (κ3) is 3.08. The average Bonchev–Trinajstić information content (AvgIpc) is 3.22. The molecule has 4 rings (SSSR count). The van der Waals surface area contributed by atoms with Gasteiger partial charge in [0.25, 0.3) is 5.91 Å². The largest absolute Gasteiger partial charge is 0.462 e. The summed E-state index contributed by atoms with van der Waals surface area (Å²) in [5.41, 5.74) is 3.76. The van der Waals surface area contributed by atoms with Gasteiger partial charge < -0.3 is 14.6 Å². The maximum absolute atomic E-state index is 12.4. The van der Waals surface area contributed by atoms with Crippen molar-refractivity contribution in [2.45, 2.75) is 19.8 Å². The van der Waals surface area contributed by atoms with Crippen molar-refractivity contribution < 1.29 is 14.0 Å². The molecule has 0 aliphatic carbocycles. The number of hydrogen-bond acceptors (Lipinski definition) is 3. The fourth-order valence-electron chi connectivity index (χ4n) is 3.52. The Morgan fingerprint density at radius 2 is 1.92 bits per heavy atom. The lowest BCUT2D eigenvalue weighted by Crippen LogP contribution is -2.35. The first kappa shape index (κ1) is 16.4. The highest BCUT2D eigenvalue weighted by atomic mass is 16.3. The SMILES string of the molecule is Cc1ccc(/C=C\C(=O)N2CCC(=C3C(=O)Nc4ccccc43)CC2)o1. The first-order valence-electron chi connectivity index (χ1n) is 8.78. The van der Waals surface area contributed by atoms with Crippen LogP contribution in [0, 0.1) is 6.92 Å². The molecule has 1 saturated heterocycles. The highest BCUT2D eigenvalue weighted by Crippen LogP contribution is 2.36. The van der Waals surface area contributed by atoms with Gasteiger partial charge in [0.05, 0.1) is 0 Å². The fraction of sp³-hybridized carbons (Fsp3) is 0.238. The summed E-state index contributed by atoms with van der Waals surface area (Å²) in [6.45, 7) is 3.11. The number of para-hydroxylation sites is 1. The van der Waals surface area contributed by atoms with Crippen molar-refractivity contribution in [2.75, 3.05) is 18.4 Å². The number of carbonyl (C=O) groups excluding carboxylic acids is 2. The van der Waals surface area contributed by atoms with E-state index in [9.17, 15) is 9.59 Å². The second-order valence-corrected chi connectivity index (χ2v) is 6.59. The highest BCUT2D eigenvalue weighted by Gasteiger charge is 2.29. The van der Waals surface area contributed by atoms with E-state index in [2.05, 4.69) is 5.32 Å². The molecule has 1 fully saturated rings. The third-order valence-corrected chi connectivity index (χ3v) is 4.86. The number of nitrogens with zero attached hydrogens (tertiary/aromatic N) is 1. The summed E-state index contributed by atoms with van der Waals surface area (Å²) in [6, 6.07) is 11.5. The van der Waals surface area contributed by atoms with Crippen LogP contribution in [0.3, 0.4) is 0 Å². The van der Waals surface area contributed by atoms with Crippen molar-refractivity contribution in [1.82, 2.24) is 4.90 Å². The summed E-state index contributed by atoms with van der Waals surface area (Å²) in [7, 11) is 0. The standard InChI is InChI=1S/C21H20N2O3/c1-14-6-7-16(26-14)8-9-19(24)23-12-10-15(11-13-23)20-17-4-2-3-5-18(17)22-21(20)25/h2-9H,10-13H2,1H3,(H,22,25)/b9-8-. The fourth-order valence-corrected chi connectivity index (χ4v) is 3.52. The van der Waals surface area contributed by atoms with E-state index < -0.39 is 0 Å². The van der Waals surface area contributed by atoms with Gasteiger partial charge in [-0.15, -0.1) is 0 Å². The number of carbonyl (C=O) groups is 2. The first-order valence-corrected chi connectivity index (χ1v) is 8.78. The maximum Gasteiger partial charge on any atom is 0.256 e. The molecule has 1 aromatic heterocycles. The molecule has 2 aromatic rings. The number of likely N-dealkylation sites (tertiary alicyclic amines) is 1. The molecule has 2 amide bonds. The summed E-state index contributed by atoms with van der Waals surface area (Å²) in [5.74, 6) is 1.43. The average molecular weight is 348 g/mol. The summed E-state index contributed by atoms with van der Waals surface area (Å²) < 4.78 is 5.44. The number of anilines is 1. The minimum Gasteiger partial charge on any atom is -0.462 e. The number of aryl methyl sites for hydroxylation is 1. The predicted octanol–water partition coefficient (Wildman–Crippen LogP) is 3.63. The van der Waals surface area contributed by atoms with E-state index in [1.807, 2.05) is 48.2 Å². The molecule has 1 N–H and O–H groups in total. The lowest BCUT2D eigenvalue weighted by atomic mass is 9.94. The molecule has 26 heavy (non-hydrogen) atoms. The molecule has 3 heterocycles. The van der Waals surface area contributed by atoms with E-state index in [0.29, 0.717) is 18.8 Å². The Bertz CT molecular complexity index is 926. The van der Waals surface area contributed by atoms with Gasteiger partial charge in [-0.05, 0) is 44.0 Å². The number of nitrogens with one attached hydrogen (secondary N) is 1. The number of benzene rings is 1. The summed E-state index contributed by atoms with van der Waals surface area (Å²) in [4.78, 5) is 26.5. The van der Waals surface area contributed by atoms with Crippen LogP contribution in [-0.2, 0) is 9.59 Å². The zero-order valence-electron chi connectivity index (χ0n) is 14.6. The number of rotatable bonds is 2. The molecule has 132 valence electrons. The Balaban J connectivity index is 1.45. The van der Waals surface area contributed by atoms with Gasteiger partial charge in [0.2, 0.25) is 5.91 Å². The Hall–Kier alpha value is -3.08. The summed E-state index contributed by atoms with van der Waals surface area (Å²) in [5, 5.41) is 2.92. The summed E-state index contributed by atoms with van der Waals surface area (Å²) in [6.07, 6.45) is 4.69. The molecule has 0 atom stereocenters. The quantitative estimate of drug-likeness (QED) is 0.843. The van der Waals surface area contributed by atoms with E-state index in [0.717, 1.165) is 41.0 Å². The molecule has 1 aromatic carbocycles. The van der Waals surface area contributed by atoms with Crippen molar-refractivity contribution in [3.63, 3.8) is 0 Å². The van der Waals surface area contributed by atoms with E-state index >= 15 is 0 Å². The van der Waals surface area contributed by atoms with E-state index in [1.54, 1.807) is 12.2 Å². The van der Waals surface area contributed by atoms with Crippen LogP contribution in [0.1, 0.15) is 29.9 Å². The van der Waals surface area contributed by atoms with E-state index in [-0.39, 0.29) is 11.8 Å². The van der Waals surface area contributed by atoms with Crippen molar-refractivity contribution in [3.05, 3.63) is 65.1 Å². The molecular formula is C21H20N2O3. The number of amides is 2. The van der Waals surface area contributed by atoms with Crippen LogP contribution in [0.25, 0.3) is 11.6 Å². The first-order chi connectivity index (χ1) is 12.6. The Morgan fingerprint density at radius 3 is 2.65 bits per heavy atom. The van der Waals surface area contributed by atoms with Crippen LogP contribution in [-0.4, -0.2) is 29.8 Å². The van der Waals surface area contributed by atoms with Gasteiger partial charge in [-0.3, -0.25) is 9.59 Å². The van der Waals surface area contributed by atoms with Gasteiger partial charge in [-0.2, -0.15) is 0 Å². The molecular weight excluding hydrogens is 328 g/mol. The van der Waals surface area contributed by atoms with E-state index in [4.69, 9.17) is 4.42 Å². The van der Waals surface area contributed by atoms with E-state index in [1.165, 1.54) is 0 Å².